The van der Waals surface area contributed by atoms with Crippen molar-refractivity contribution in [2.45, 2.75) is 19.6 Å². The minimum absolute atomic E-state index is 0.436. The van der Waals surface area contributed by atoms with E-state index in [0.717, 1.165) is 12.1 Å². The van der Waals surface area contributed by atoms with E-state index >= 15 is 0 Å². The van der Waals surface area contributed by atoms with Crippen LogP contribution in [0, 0.1) is 6.92 Å². The van der Waals surface area contributed by atoms with Crippen LogP contribution in [0.1, 0.15) is 22.8 Å². The van der Waals surface area contributed by atoms with Gasteiger partial charge in [0.25, 0.3) is 0 Å². The average molecular weight is 255 g/mol. The molecule has 1 atom stereocenters. The van der Waals surface area contributed by atoms with Crippen molar-refractivity contribution in [3.63, 3.8) is 0 Å². The van der Waals surface area contributed by atoms with Gasteiger partial charge in [-0.3, -0.25) is 4.90 Å². The van der Waals surface area contributed by atoms with Gasteiger partial charge in [0.15, 0.2) is 0 Å². The molecule has 100 valence electrons. The van der Waals surface area contributed by atoms with Crippen LogP contribution in [0.2, 0.25) is 0 Å². The Labute approximate surface area is 115 Å². The first-order valence-electron chi connectivity index (χ1n) is 6.62. The fraction of sp³-hybridized carbons (Fsp3) is 0.294. The molecule has 0 aromatic heterocycles. The maximum atomic E-state index is 10.2. The van der Waals surface area contributed by atoms with Crippen LogP contribution in [0.15, 0.2) is 54.6 Å². The van der Waals surface area contributed by atoms with Crippen molar-refractivity contribution >= 4 is 0 Å². The van der Waals surface area contributed by atoms with Crippen LogP contribution in [-0.2, 0) is 6.54 Å². The number of hydrogen-bond donors (Lipinski definition) is 1. The number of likely N-dealkylation sites (N-methyl/N-ethyl adjacent to an activating group) is 1. The van der Waals surface area contributed by atoms with E-state index in [1.165, 1.54) is 11.1 Å². The zero-order chi connectivity index (χ0) is 13.7. The lowest BCUT2D eigenvalue weighted by Gasteiger charge is -2.21. The Morgan fingerprint density at radius 2 is 1.63 bits per heavy atom. The number of rotatable bonds is 5. The Hall–Kier alpha value is -1.64. The van der Waals surface area contributed by atoms with Gasteiger partial charge in [-0.1, -0.05) is 60.2 Å². The Morgan fingerprint density at radius 3 is 2.26 bits per heavy atom. The molecular weight excluding hydrogens is 234 g/mol. The van der Waals surface area contributed by atoms with E-state index in [0.29, 0.717) is 6.54 Å². The van der Waals surface area contributed by atoms with E-state index in [1.54, 1.807) is 0 Å². The van der Waals surface area contributed by atoms with Crippen LogP contribution in [0.25, 0.3) is 0 Å². The van der Waals surface area contributed by atoms with E-state index in [2.05, 4.69) is 24.0 Å². The van der Waals surface area contributed by atoms with Crippen molar-refractivity contribution in [3.8, 4) is 0 Å². The zero-order valence-electron chi connectivity index (χ0n) is 11.6. The summed E-state index contributed by atoms with van der Waals surface area (Å²) in [6.07, 6.45) is -0.436. The molecule has 2 rings (SSSR count). The molecule has 2 nitrogen and oxygen atoms in total. The zero-order valence-corrected chi connectivity index (χ0v) is 11.6. The molecule has 2 aromatic carbocycles. The van der Waals surface area contributed by atoms with Crippen molar-refractivity contribution in [3.05, 3.63) is 71.3 Å². The minimum atomic E-state index is -0.436. The lowest BCUT2D eigenvalue weighted by molar-refractivity contribution is 0.124. The van der Waals surface area contributed by atoms with E-state index in [4.69, 9.17) is 0 Å². The molecule has 0 saturated carbocycles. The molecular formula is C17H21NO. The molecule has 0 aliphatic carbocycles. The summed E-state index contributed by atoms with van der Waals surface area (Å²) < 4.78 is 0. The smallest absolute Gasteiger partial charge is 0.0916 e. The Balaban J connectivity index is 1.91. The summed E-state index contributed by atoms with van der Waals surface area (Å²) in [5, 5.41) is 10.2. The van der Waals surface area contributed by atoms with E-state index in [9.17, 15) is 5.11 Å². The van der Waals surface area contributed by atoms with E-state index < -0.39 is 6.10 Å². The summed E-state index contributed by atoms with van der Waals surface area (Å²) in [4.78, 5) is 2.14. The third-order valence-corrected chi connectivity index (χ3v) is 3.24. The first-order chi connectivity index (χ1) is 9.15. The molecule has 2 aromatic rings. The van der Waals surface area contributed by atoms with Gasteiger partial charge in [0, 0.05) is 13.1 Å². The lowest BCUT2D eigenvalue weighted by atomic mass is 10.1. The molecule has 0 amide bonds. The first kappa shape index (κ1) is 13.8. The number of aliphatic hydroxyl groups is 1. The highest BCUT2D eigenvalue weighted by molar-refractivity contribution is 5.23. The summed E-state index contributed by atoms with van der Waals surface area (Å²) in [6, 6.07) is 18.4. The van der Waals surface area contributed by atoms with Crippen LogP contribution in [-0.4, -0.2) is 23.6 Å². The topological polar surface area (TPSA) is 23.5 Å². The summed E-state index contributed by atoms with van der Waals surface area (Å²) >= 11 is 0. The van der Waals surface area contributed by atoms with Crippen LogP contribution >= 0.6 is 0 Å². The monoisotopic (exact) mass is 255 g/mol. The predicted molar refractivity (Wildman–Crippen MR) is 78.9 cm³/mol. The molecule has 0 saturated heterocycles. The van der Waals surface area contributed by atoms with Gasteiger partial charge in [0.2, 0.25) is 0 Å². The molecule has 1 N–H and O–H groups in total. The summed E-state index contributed by atoms with van der Waals surface area (Å²) in [7, 11) is 2.03. The van der Waals surface area contributed by atoms with Crippen LogP contribution in [0.3, 0.4) is 0 Å². The normalized spacial score (nSPS) is 12.6. The molecule has 1 unspecified atom stereocenters. The number of aryl methyl sites for hydroxylation is 1. The van der Waals surface area contributed by atoms with Gasteiger partial charge in [0.05, 0.1) is 6.10 Å². The summed E-state index contributed by atoms with van der Waals surface area (Å²) in [5.74, 6) is 0. The average Bonchev–Trinajstić information content (AvgIpc) is 2.40. The van der Waals surface area contributed by atoms with Gasteiger partial charge in [-0.05, 0) is 25.1 Å². The van der Waals surface area contributed by atoms with Gasteiger partial charge < -0.3 is 5.11 Å². The lowest BCUT2D eigenvalue weighted by Crippen LogP contribution is -2.24. The maximum absolute atomic E-state index is 10.2. The van der Waals surface area contributed by atoms with Gasteiger partial charge in [0.1, 0.15) is 0 Å². The standard InChI is InChI=1S/C17H21NO/c1-14-8-10-16(11-9-14)17(19)13-18(2)12-15-6-4-3-5-7-15/h3-11,17,19H,12-13H2,1-2H3. The summed E-state index contributed by atoms with van der Waals surface area (Å²) in [6.45, 7) is 3.54. The quantitative estimate of drug-likeness (QED) is 0.887. The molecule has 19 heavy (non-hydrogen) atoms. The number of aliphatic hydroxyl groups excluding tert-OH is 1. The largest absolute Gasteiger partial charge is 0.387 e. The maximum Gasteiger partial charge on any atom is 0.0916 e. The van der Waals surface area contributed by atoms with E-state index in [-0.39, 0.29) is 0 Å². The predicted octanol–water partition coefficient (Wildman–Crippen LogP) is 3.16. The summed E-state index contributed by atoms with van der Waals surface area (Å²) in [5.41, 5.74) is 3.46. The molecule has 2 heteroatoms. The van der Waals surface area contributed by atoms with Crippen molar-refractivity contribution in [1.29, 1.82) is 0 Å². The van der Waals surface area contributed by atoms with Crippen LogP contribution in [0.4, 0.5) is 0 Å². The van der Waals surface area contributed by atoms with Gasteiger partial charge >= 0.3 is 0 Å². The third kappa shape index (κ3) is 4.19. The number of hydrogen-bond acceptors (Lipinski definition) is 2. The number of benzene rings is 2. The van der Waals surface area contributed by atoms with Crippen LogP contribution in [0.5, 0.6) is 0 Å². The van der Waals surface area contributed by atoms with Crippen LogP contribution < -0.4 is 0 Å². The van der Waals surface area contributed by atoms with E-state index in [1.807, 2.05) is 49.5 Å². The Morgan fingerprint density at radius 1 is 1.00 bits per heavy atom. The van der Waals surface area contributed by atoms with Gasteiger partial charge in [-0.15, -0.1) is 0 Å². The fourth-order valence-electron chi connectivity index (χ4n) is 2.15. The van der Waals surface area contributed by atoms with Crippen molar-refractivity contribution in [1.82, 2.24) is 4.90 Å². The SMILES string of the molecule is Cc1ccc(C(O)CN(C)Cc2ccccc2)cc1. The third-order valence-electron chi connectivity index (χ3n) is 3.24. The molecule has 0 spiro atoms. The second-order valence-corrected chi connectivity index (χ2v) is 5.11. The molecule has 0 aliphatic heterocycles. The molecule has 0 bridgehead atoms. The second-order valence-electron chi connectivity index (χ2n) is 5.11. The van der Waals surface area contributed by atoms with Gasteiger partial charge in [-0.2, -0.15) is 0 Å². The van der Waals surface area contributed by atoms with Crippen molar-refractivity contribution < 1.29 is 5.11 Å². The molecule has 0 fully saturated rings. The Kier molecular flexibility index (Phi) is 4.72. The Bertz CT molecular complexity index is 492. The highest BCUT2D eigenvalue weighted by Crippen LogP contribution is 2.15. The van der Waals surface area contributed by atoms with Gasteiger partial charge in [-0.25, -0.2) is 0 Å². The first-order valence-corrected chi connectivity index (χ1v) is 6.62. The van der Waals surface area contributed by atoms with Crippen molar-refractivity contribution in [2.75, 3.05) is 13.6 Å². The fourth-order valence-corrected chi connectivity index (χ4v) is 2.15. The van der Waals surface area contributed by atoms with Crippen molar-refractivity contribution in [2.24, 2.45) is 0 Å². The molecule has 0 aliphatic rings. The highest BCUT2D eigenvalue weighted by Gasteiger charge is 2.10. The highest BCUT2D eigenvalue weighted by atomic mass is 16.3. The molecule has 0 radical (unpaired) electrons. The number of nitrogens with zero attached hydrogens (tertiary/aromatic N) is 1. The second kappa shape index (κ2) is 6.50. The minimum Gasteiger partial charge on any atom is -0.387 e. The molecule has 0 heterocycles.